The first-order valence-corrected chi connectivity index (χ1v) is 7.34. The SMILES string of the molecule is COCCn1cc(NC(=O)N2CCC[C@H]2CN(C)C)cn1. The third kappa shape index (κ3) is 4.44. The maximum absolute atomic E-state index is 12.4. The quantitative estimate of drug-likeness (QED) is 0.853. The van der Waals surface area contributed by atoms with Crippen molar-refractivity contribution in [2.75, 3.05) is 46.2 Å². The van der Waals surface area contributed by atoms with Gasteiger partial charge in [0.25, 0.3) is 0 Å². The molecule has 0 spiro atoms. The van der Waals surface area contributed by atoms with Gasteiger partial charge in [0, 0.05) is 32.4 Å². The topological polar surface area (TPSA) is 62.6 Å². The Hall–Kier alpha value is -1.60. The van der Waals surface area contributed by atoms with Crippen LogP contribution in [0.1, 0.15) is 12.8 Å². The molecule has 1 aliphatic rings. The summed E-state index contributed by atoms with van der Waals surface area (Å²) in [5.41, 5.74) is 0.728. The number of anilines is 1. The van der Waals surface area contributed by atoms with Crippen molar-refractivity contribution in [3.8, 4) is 0 Å². The summed E-state index contributed by atoms with van der Waals surface area (Å²) in [6.07, 6.45) is 5.64. The molecule has 7 nitrogen and oxygen atoms in total. The average molecular weight is 295 g/mol. The summed E-state index contributed by atoms with van der Waals surface area (Å²) >= 11 is 0. The molecule has 118 valence electrons. The zero-order chi connectivity index (χ0) is 15.2. The van der Waals surface area contributed by atoms with Gasteiger partial charge in [0.05, 0.1) is 25.0 Å². The van der Waals surface area contributed by atoms with E-state index in [1.807, 2.05) is 25.2 Å². The number of methoxy groups -OCH3 is 1. The van der Waals surface area contributed by atoms with Crippen LogP contribution in [0.3, 0.4) is 0 Å². The van der Waals surface area contributed by atoms with Gasteiger partial charge in [-0.3, -0.25) is 4.68 Å². The molecule has 1 aromatic heterocycles. The molecule has 0 unspecified atom stereocenters. The van der Waals surface area contributed by atoms with Crippen LogP contribution in [0.5, 0.6) is 0 Å². The Morgan fingerprint density at radius 1 is 1.57 bits per heavy atom. The van der Waals surface area contributed by atoms with Crippen molar-refractivity contribution in [1.29, 1.82) is 0 Å². The molecule has 7 heteroatoms. The second-order valence-electron chi connectivity index (χ2n) is 5.67. The third-order valence-electron chi connectivity index (χ3n) is 3.62. The number of aromatic nitrogens is 2. The Labute approximate surface area is 125 Å². The zero-order valence-corrected chi connectivity index (χ0v) is 13.1. The average Bonchev–Trinajstić information content (AvgIpc) is 3.05. The van der Waals surface area contributed by atoms with E-state index in [4.69, 9.17) is 4.74 Å². The Bertz CT molecular complexity index is 460. The van der Waals surface area contributed by atoms with Gasteiger partial charge in [-0.15, -0.1) is 0 Å². The number of nitrogens with zero attached hydrogens (tertiary/aromatic N) is 4. The highest BCUT2D eigenvalue weighted by molar-refractivity contribution is 5.89. The molecule has 2 rings (SSSR count). The van der Waals surface area contributed by atoms with Gasteiger partial charge in [-0.2, -0.15) is 5.10 Å². The van der Waals surface area contributed by atoms with Crippen LogP contribution < -0.4 is 5.32 Å². The van der Waals surface area contributed by atoms with E-state index < -0.39 is 0 Å². The van der Waals surface area contributed by atoms with E-state index in [0.717, 1.165) is 31.6 Å². The first-order valence-electron chi connectivity index (χ1n) is 7.34. The fourth-order valence-electron chi connectivity index (χ4n) is 2.64. The second-order valence-corrected chi connectivity index (χ2v) is 5.67. The summed E-state index contributed by atoms with van der Waals surface area (Å²) in [4.78, 5) is 16.4. The maximum atomic E-state index is 12.4. The minimum absolute atomic E-state index is 0.0364. The van der Waals surface area contributed by atoms with Crippen LogP contribution in [0.2, 0.25) is 0 Å². The number of hydrogen-bond acceptors (Lipinski definition) is 4. The van der Waals surface area contributed by atoms with Crippen molar-refractivity contribution in [3.63, 3.8) is 0 Å². The van der Waals surface area contributed by atoms with E-state index in [1.165, 1.54) is 0 Å². The number of amides is 2. The number of likely N-dealkylation sites (N-methyl/N-ethyl adjacent to an activating group) is 1. The van der Waals surface area contributed by atoms with Crippen molar-refractivity contribution < 1.29 is 9.53 Å². The molecule has 2 heterocycles. The lowest BCUT2D eigenvalue weighted by Gasteiger charge is -2.27. The molecule has 1 aliphatic heterocycles. The Kier molecular flexibility index (Phi) is 5.58. The van der Waals surface area contributed by atoms with E-state index in [-0.39, 0.29) is 6.03 Å². The highest BCUT2D eigenvalue weighted by Crippen LogP contribution is 2.19. The van der Waals surface area contributed by atoms with Crippen LogP contribution in [-0.4, -0.2) is 72.6 Å². The van der Waals surface area contributed by atoms with Crippen molar-refractivity contribution in [2.24, 2.45) is 0 Å². The summed E-state index contributed by atoms with van der Waals surface area (Å²) in [6.45, 7) is 3.01. The summed E-state index contributed by atoms with van der Waals surface area (Å²) in [6, 6.07) is 0.258. The van der Waals surface area contributed by atoms with Gasteiger partial charge in [0.2, 0.25) is 0 Å². The summed E-state index contributed by atoms with van der Waals surface area (Å²) < 4.78 is 6.77. The van der Waals surface area contributed by atoms with Gasteiger partial charge in [0.15, 0.2) is 0 Å². The number of nitrogens with one attached hydrogen (secondary N) is 1. The zero-order valence-electron chi connectivity index (χ0n) is 13.1. The summed E-state index contributed by atoms with van der Waals surface area (Å²) in [5, 5.41) is 7.12. The molecule has 1 saturated heterocycles. The molecule has 0 bridgehead atoms. The van der Waals surface area contributed by atoms with Crippen molar-refractivity contribution in [3.05, 3.63) is 12.4 Å². The molecule has 0 aromatic carbocycles. The maximum Gasteiger partial charge on any atom is 0.322 e. The fraction of sp³-hybridized carbons (Fsp3) is 0.714. The molecule has 1 N–H and O–H groups in total. The van der Waals surface area contributed by atoms with Crippen LogP contribution in [-0.2, 0) is 11.3 Å². The monoisotopic (exact) mass is 295 g/mol. The highest BCUT2D eigenvalue weighted by atomic mass is 16.5. The van der Waals surface area contributed by atoms with Crippen molar-refractivity contribution >= 4 is 11.7 Å². The number of rotatable bonds is 6. The molecule has 0 saturated carbocycles. The molecule has 1 atom stereocenters. The molecular weight excluding hydrogens is 270 g/mol. The number of hydrogen-bond donors (Lipinski definition) is 1. The van der Waals surface area contributed by atoms with Gasteiger partial charge >= 0.3 is 6.03 Å². The molecule has 1 aromatic rings. The first-order chi connectivity index (χ1) is 10.1. The molecule has 0 radical (unpaired) electrons. The van der Waals surface area contributed by atoms with E-state index in [9.17, 15) is 4.79 Å². The van der Waals surface area contributed by atoms with Crippen molar-refractivity contribution in [1.82, 2.24) is 19.6 Å². The van der Waals surface area contributed by atoms with Gasteiger partial charge in [-0.1, -0.05) is 0 Å². The lowest BCUT2D eigenvalue weighted by Crippen LogP contribution is -2.43. The predicted molar refractivity (Wildman–Crippen MR) is 81.4 cm³/mol. The first kappa shape index (κ1) is 15.8. The van der Waals surface area contributed by atoms with Crippen LogP contribution in [0.15, 0.2) is 12.4 Å². The van der Waals surface area contributed by atoms with Gasteiger partial charge in [0.1, 0.15) is 0 Å². The standard InChI is InChI=1S/C14H25N5O2/c1-17(2)11-13-5-4-6-19(13)14(20)16-12-9-15-18(10-12)7-8-21-3/h9-10,13H,4-8,11H2,1-3H3,(H,16,20)/t13-/m0/s1. The summed E-state index contributed by atoms with van der Waals surface area (Å²) in [5.74, 6) is 0. The van der Waals surface area contributed by atoms with Crippen LogP contribution in [0, 0.1) is 0 Å². The lowest BCUT2D eigenvalue weighted by atomic mass is 10.2. The predicted octanol–water partition coefficient (Wildman–Crippen LogP) is 1.09. The molecule has 21 heavy (non-hydrogen) atoms. The second kappa shape index (κ2) is 7.42. The van der Waals surface area contributed by atoms with Crippen molar-refractivity contribution in [2.45, 2.75) is 25.4 Å². The smallest absolute Gasteiger partial charge is 0.322 e. The van der Waals surface area contributed by atoms with E-state index in [2.05, 4.69) is 15.3 Å². The number of likely N-dealkylation sites (tertiary alicyclic amines) is 1. The number of carbonyl (C=O) groups is 1. The Morgan fingerprint density at radius 3 is 3.10 bits per heavy atom. The highest BCUT2D eigenvalue weighted by Gasteiger charge is 2.29. The van der Waals surface area contributed by atoms with E-state index in [0.29, 0.717) is 19.2 Å². The number of urea groups is 1. The van der Waals surface area contributed by atoms with Gasteiger partial charge in [-0.05, 0) is 26.9 Å². The van der Waals surface area contributed by atoms with Crippen LogP contribution in [0.4, 0.5) is 10.5 Å². The number of carbonyl (C=O) groups excluding carboxylic acids is 1. The minimum atomic E-state index is -0.0364. The van der Waals surface area contributed by atoms with Crippen LogP contribution >= 0.6 is 0 Å². The van der Waals surface area contributed by atoms with E-state index in [1.54, 1.807) is 18.0 Å². The van der Waals surface area contributed by atoms with E-state index >= 15 is 0 Å². The molecular formula is C14H25N5O2. The molecule has 1 fully saturated rings. The fourth-order valence-corrected chi connectivity index (χ4v) is 2.64. The van der Waals surface area contributed by atoms with Gasteiger partial charge in [-0.25, -0.2) is 4.79 Å². The Balaban J connectivity index is 1.89. The lowest BCUT2D eigenvalue weighted by molar-refractivity contribution is 0.183. The minimum Gasteiger partial charge on any atom is -0.383 e. The number of ether oxygens (including phenoxy) is 1. The Morgan fingerprint density at radius 2 is 2.38 bits per heavy atom. The van der Waals surface area contributed by atoms with Crippen LogP contribution in [0.25, 0.3) is 0 Å². The normalized spacial score (nSPS) is 18.5. The third-order valence-corrected chi connectivity index (χ3v) is 3.62. The molecule has 0 aliphatic carbocycles. The van der Waals surface area contributed by atoms with Gasteiger partial charge < -0.3 is 19.9 Å². The summed E-state index contributed by atoms with van der Waals surface area (Å²) in [7, 11) is 5.73. The molecule has 2 amide bonds. The largest absolute Gasteiger partial charge is 0.383 e.